The molecular formula is C11H24N2O2. The SMILES string of the molecule is CC(CCO)NC(C)C(=O)NC(C)(C)C. The Morgan fingerprint density at radius 2 is 1.87 bits per heavy atom. The topological polar surface area (TPSA) is 61.4 Å². The second-order valence-corrected chi connectivity index (χ2v) is 5.04. The summed E-state index contributed by atoms with van der Waals surface area (Å²) in [6.45, 7) is 9.78. The fraction of sp³-hybridized carbons (Fsp3) is 0.909. The normalized spacial score (nSPS) is 15.9. The monoisotopic (exact) mass is 216 g/mol. The molecule has 15 heavy (non-hydrogen) atoms. The van der Waals surface area contributed by atoms with E-state index in [1.807, 2.05) is 34.6 Å². The van der Waals surface area contributed by atoms with Crippen LogP contribution in [0.1, 0.15) is 41.0 Å². The van der Waals surface area contributed by atoms with Crippen LogP contribution in [-0.2, 0) is 4.79 Å². The Balaban J connectivity index is 3.99. The van der Waals surface area contributed by atoms with E-state index >= 15 is 0 Å². The van der Waals surface area contributed by atoms with Crippen LogP contribution in [0.15, 0.2) is 0 Å². The van der Waals surface area contributed by atoms with Crippen molar-refractivity contribution in [2.24, 2.45) is 0 Å². The van der Waals surface area contributed by atoms with Crippen molar-refractivity contribution in [1.29, 1.82) is 0 Å². The highest BCUT2D eigenvalue weighted by Crippen LogP contribution is 2.00. The van der Waals surface area contributed by atoms with Crippen molar-refractivity contribution >= 4 is 5.91 Å². The van der Waals surface area contributed by atoms with Crippen LogP contribution in [-0.4, -0.2) is 35.2 Å². The van der Waals surface area contributed by atoms with Crippen LogP contribution in [0.3, 0.4) is 0 Å². The standard InChI is InChI=1S/C11H24N2O2/c1-8(6-7-14)12-9(2)10(15)13-11(3,4)5/h8-9,12,14H,6-7H2,1-5H3,(H,13,15). The van der Waals surface area contributed by atoms with E-state index in [9.17, 15) is 4.79 Å². The summed E-state index contributed by atoms with van der Waals surface area (Å²) in [5.41, 5.74) is -0.201. The van der Waals surface area contributed by atoms with Gasteiger partial charge in [-0.05, 0) is 41.0 Å². The van der Waals surface area contributed by atoms with Crippen molar-refractivity contribution < 1.29 is 9.90 Å². The number of rotatable bonds is 5. The van der Waals surface area contributed by atoms with Gasteiger partial charge in [-0.3, -0.25) is 4.79 Å². The molecule has 0 radical (unpaired) electrons. The molecule has 0 aromatic carbocycles. The number of hydrogen-bond acceptors (Lipinski definition) is 3. The predicted octanol–water partition coefficient (Wildman–Crippen LogP) is 0.650. The Kier molecular flexibility index (Phi) is 5.83. The maximum atomic E-state index is 11.7. The summed E-state index contributed by atoms with van der Waals surface area (Å²) in [5.74, 6) is -0.00714. The highest BCUT2D eigenvalue weighted by Gasteiger charge is 2.19. The van der Waals surface area contributed by atoms with E-state index in [0.29, 0.717) is 6.42 Å². The lowest BCUT2D eigenvalue weighted by molar-refractivity contribution is -0.124. The van der Waals surface area contributed by atoms with Gasteiger partial charge in [0.1, 0.15) is 0 Å². The third-order valence-electron chi connectivity index (χ3n) is 1.99. The largest absolute Gasteiger partial charge is 0.396 e. The Hall–Kier alpha value is -0.610. The highest BCUT2D eigenvalue weighted by molar-refractivity contribution is 5.81. The molecule has 0 spiro atoms. The first kappa shape index (κ1) is 14.4. The second-order valence-electron chi connectivity index (χ2n) is 5.04. The summed E-state index contributed by atoms with van der Waals surface area (Å²) >= 11 is 0. The number of aliphatic hydroxyl groups excluding tert-OH is 1. The lowest BCUT2D eigenvalue weighted by Crippen LogP contribution is -2.51. The van der Waals surface area contributed by atoms with Crippen molar-refractivity contribution in [2.75, 3.05) is 6.61 Å². The van der Waals surface area contributed by atoms with Crippen molar-refractivity contribution in [1.82, 2.24) is 10.6 Å². The molecule has 2 atom stereocenters. The third-order valence-corrected chi connectivity index (χ3v) is 1.99. The van der Waals surface area contributed by atoms with Gasteiger partial charge >= 0.3 is 0 Å². The second kappa shape index (κ2) is 6.08. The van der Waals surface area contributed by atoms with Gasteiger partial charge in [-0.2, -0.15) is 0 Å². The van der Waals surface area contributed by atoms with Gasteiger partial charge in [0.15, 0.2) is 0 Å². The number of carbonyl (C=O) groups is 1. The molecular weight excluding hydrogens is 192 g/mol. The van der Waals surface area contributed by atoms with Gasteiger partial charge in [0, 0.05) is 18.2 Å². The molecule has 0 rings (SSSR count). The van der Waals surface area contributed by atoms with Crippen LogP contribution in [0.4, 0.5) is 0 Å². The quantitative estimate of drug-likeness (QED) is 0.632. The van der Waals surface area contributed by atoms with E-state index < -0.39 is 0 Å². The summed E-state index contributed by atoms with van der Waals surface area (Å²) in [6, 6.07) is -0.0820. The van der Waals surface area contributed by atoms with Gasteiger partial charge in [-0.25, -0.2) is 0 Å². The maximum absolute atomic E-state index is 11.7. The van der Waals surface area contributed by atoms with Crippen LogP contribution < -0.4 is 10.6 Å². The molecule has 0 aromatic rings. The van der Waals surface area contributed by atoms with Gasteiger partial charge in [0.05, 0.1) is 6.04 Å². The van der Waals surface area contributed by atoms with Crippen LogP contribution in [0.25, 0.3) is 0 Å². The summed E-state index contributed by atoms with van der Waals surface area (Å²) in [5, 5.41) is 14.8. The molecule has 3 N–H and O–H groups in total. The average molecular weight is 216 g/mol. The Labute approximate surface area is 92.4 Å². The Morgan fingerprint density at radius 3 is 2.27 bits per heavy atom. The summed E-state index contributed by atoms with van der Waals surface area (Å²) in [7, 11) is 0. The van der Waals surface area contributed by atoms with Gasteiger partial charge in [0.2, 0.25) is 5.91 Å². The summed E-state index contributed by atoms with van der Waals surface area (Å²) in [6.07, 6.45) is 0.660. The zero-order valence-electron chi connectivity index (χ0n) is 10.4. The van der Waals surface area contributed by atoms with Crippen LogP contribution in [0, 0.1) is 0 Å². The average Bonchev–Trinajstić information content (AvgIpc) is 2.00. The van der Waals surface area contributed by atoms with Crippen molar-refractivity contribution in [3.63, 3.8) is 0 Å². The molecule has 0 aliphatic rings. The van der Waals surface area contributed by atoms with Gasteiger partial charge in [-0.15, -0.1) is 0 Å². The molecule has 90 valence electrons. The Bertz CT molecular complexity index is 199. The first-order valence-electron chi connectivity index (χ1n) is 5.45. The van der Waals surface area contributed by atoms with Gasteiger partial charge in [-0.1, -0.05) is 0 Å². The number of hydrogen-bond donors (Lipinski definition) is 3. The first-order chi connectivity index (χ1) is 6.76. The van der Waals surface area contributed by atoms with Gasteiger partial charge < -0.3 is 15.7 Å². The summed E-state index contributed by atoms with van der Waals surface area (Å²) in [4.78, 5) is 11.7. The number of nitrogens with one attached hydrogen (secondary N) is 2. The zero-order chi connectivity index (χ0) is 12.1. The van der Waals surface area contributed by atoms with Crippen molar-refractivity contribution in [2.45, 2.75) is 58.7 Å². The molecule has 0 aliphatic carbocycles. The van der Waals surface area contributed by atoms with E-state index in [-0.39, 0.29) is 30.1 Å². The van der Waals surface area contributed by atoms with Gasteiger partial charge in [0.25, 0.3) is 0 Å². The number of aliphatic hydroxyl groups is 1. The smallest absolute Gasteiger partial charge is 0.237 e. The molecule has 0 fully saturated rings. The fourth-order valence-corrected chi connectivity index (χ4v) is 1.26. The van der Waals surface area contributed by atoms with Crippen LogP contribution in [0.2, 0.25) is 0 Å². The molecule has 2 unspecified atom stereocenters. The zero-order valence-corrected chi connectivity index (χ0v) is 10.4. The van der Waals surface area contributed by atoms with E-state index in [1.165, 1.54) is 0 Å². The fourth-order valence-electron chi connectivity index (χ4n) is 1.26. The minimum absolute atomic E-state index is 0.00714. The first-order valence-corrected chi connectivity index (χ1v) is 5.45. The molecule has 0 aliphatic heterocycles. The maximum Gasteiger partial charge on any atom is 0.237 e. The van der Waals surface area contributed by atoms with Crippen LogP contribution >= 0.6 is 0 Å². The van der Waals surface area contributed by atoms with Crippen molar-refractivity contribution in [3.8, 4) is 0 Å². The molecule has 0 saturated heterocycles. The Morgan fingerprint density at radius 1 is 1.33 bits per heavy atom. The predicted molar refractivity (Wildman–Crippen MR) is 61.7 cm³/mol. The molecule has 4 nitrogen and oxygen atoms in total. The minimum Gasteiger partial charge on any atom is -0.396 e. The molecule has 4 heteroatoms. The third kappa shape index (κ3) is 7.33. The molecule has 1 amide bonds. The highest BCUT2D eigenvalue weighted by atomic mass is 16.3. The lowest BCUT2D eigenvalue weighted by Gasteiger charge is -2.25. The number of amides is 1. The lowest BCUT2D eigenvalue weighted by atomic mass is 10.1. The molecule has 0 heterocycles. The van der Waals surface area contributed by atoms with E-state index in [4.69, 9.17) is 5.11 Å². The molecule has 0 bridgehead atoms. The van der Waals surface area contributed by atoms with E-state index in [2.05, 4.69) is 10.6 Å². The molecule has 0 saturated carbocycles. The summed E-state index contributed by atoms with van der Waals surface area (Å²) < 4.78 is 0. The van der Waals surface area contributed by atoms with E-state index in [0.717, 1.165) is 0 Å². The molecule has 0 aromatic heterocycles. The van der Waals surface area contributed by atoms with Crippen LogP contribution in [0.5, 0.6) is 0 Å². The number of carbonyl (C=O) groups excluding carboxylic acids is 1. The van der Waals surface area contributed by atoms with E-state index in [1.54, 1.807) is 0 Å². The van der Waals surface area contributed by atoms with Crippen molar-refractivity contribution in [3.05, 3.63) is 0 Å². The minimum atomic E-state index is -0.231.